The molecular weight excluding hydrogens is 406 g/mol. The monoisotopic (exact) mass is 433 g/mol. The van der Waals surface area contributed by atoms with Crippen LogP contribution in [-0.2, 0) is 19.6 Å². The van der Waals surface area contributed by atoms with E-state index in [9.17, 15) is 4.79 Å². The van der Waals surface area contributed by atoms with Crippen LogP contribution >= 0.6 is 0 Å². The largest absolute Gasteiger partial charge is 0.493 e. The van der Waals surface area contributed by atoms with Crippen LogP contribution in [-0.4, -0.2) is 38.7 Å². The van der Waals surface area contributed by atoms with E-state index >= 15 is 0 Å². The first-order valence-corrected chi connectivity index (χ1v) is 10.5. The fourth-order valence-electron chi connectivity index (χ4n) is 3.89. The molecule has 1 amide bonds. The lowest BCUT2D eigenvalue weighted by atomic mass is 9.98. The van der Waals surface area contributed by atoms with Gasteiger partial charge in [0, 0.05) is 18.7 Å². The van der Waals surface area contributed by atoms with Gasteiger partial charge in [0.25, 0.3) is 5.91 Å². The SMILES string of the molecule is COc1cc2c(cc1OC)CN(C(=O)c1ccc(OCc3ccccc3)c(OC)c1)CC2. The smallest absolute Gasteiger partial charge is 0.254 e. The Morgan fingerprint density at radius 3 is 2.16 bits per heavy atom. The lowest BCUT2D eigenvalue weighted by Crippen LogP contribution is -2.36. The molecule has 6 heteroatoms. The Balaban J connectivity index is 1.49. The first-order chi connectivity index (χ1) is 15.6. The van der Waals surface area contributed by atoms with E-state index in [1.165, 1.54) is 5.56 Å². The van der Waals surface area contributed by atoms with E-state index in [0.29, 0.717) is 48.3 Å². The number of fused-ring (bicyclic) bond motifs is 1. The molecule has 0 N–H and O–H groups in total. The second-order valence-corrected chi connectivity index (χ2v) is 7.59. The molecule has 166 valence electrons. The average Bonchev–Trinajstić information content (AvgIpc) is 2.86. The van der Waals surface area contributed by atoms with Gasteiger partial charge in [0.2, 0.25) is 0 Å². The summed E-state index contributed by atoms with van der Waals surface area (Å²) in [6, 6.07) is 19.2. The highest BCUT2D eigenvalue weighted by molar-refractivity contribution is 5.95. The number of amides is 1. The third-order valence-corrected chi connectivity index (χ3v) is 5.65. The van der Waals surface area contributed by atoms with Crippen LogP contribution in [0.3, 0.4) is 0 Å². The molecule has 3 aromatic rings. The van der Waals surface area contributed by atoms with Gasteiger partial charge in [-0.15, -0.1) is 0 Å². The number of nitrogens with zero attached hydrogens (tertiary/aromatic N) is 1. The fraction of sp³-hybridized carbons (Fsp3) is 0.269. The summed E-state index contributed by atoms with van der Waals surface area (Å²) < 4.78 is 22.2. The van der Waals surface area contributed by atoms with Crippen LogP contribution in [0.4, 0.5) is 0 Å². The molecule has 0 atom stereocenters. The molecule has 4 rings (SSSR count). The number of hydrogen-bond donors (Lipinski definition) is 0. The molecule has 6 nitrogen and oxygen atoms in total. The van der Waals surface area contributed by atoms with Crippen molar-refractivity contribution in [1.82, 2.24) is 4.90 Å². The highest BCUT2D eigenvalue weighted by Crippen LogP contribution is 2.34. The molecule has 0 radical (unpaired) electrons. The second-order valence-electron chi connectivity index (χ2n) is 7.59. The summed E-state index contributed by atoms with van der Waals surface area (Å²) in [7, 11) is 4.82. The van der Waals surface area contributed by atoms with Crippen molar-refractivity contribution < 1.29 is 23.7 Å². The lowest BCUT2D eigenvalue weighted by molar-refractivity contribution is 0.0734. The Bertz CT molecular complexity index is 1100. The van der Waals surface area contributed by atoms with Gasteiger partial charge >= 0.3 is 0 Å². The predicted octanol–water partition coefficient (Wildman–Crippen LogP) is 4.49. The standard InChI is InChI=1S/C26H27NO5/c1-29-23-14-20(9-10-22(23)32-17-18-7-5-4-6-8-18)26(28)27-12-11-19-13-24(30-2)25(31-3)15-21(19)16-27/h4-10,13-15H,11-12,16-17H2,1-3H3. The Morgan fingerprint density at radius 2 is 1.47 bits per heavy atom. The minimum atomic E-state index is -0.0432. The highest BCUT2D eigenvalue weighted by atomic mass is 16.5. The van der Waals surface area contributed by atoms with Crippen LogP contribution in [0.25, 0.3) is 0 Å². The Labute approximate surface area is 188 Å². The summed E-state index contributed by atoms with van der Waals surface area (Å²) in [5.74, 6) is 2.48. The summed E-state index contributed by atoms with van der Waals surface area (Å²) >= 11 is 0. The van der Waals surface area contributed by atoms with Crippen LogP contribution in [0.1, 0.15) is 27.0 Å². The van der Waals surface area contributed by atoms with Gasteiger partial charge in [-0.05, 0) is 53.4 Å². The van der Waals surface area contributed by atoms with Crippen molar-refractivity contribution in [2.24, 2.45) is 0 Å². The number of hydrogen-bond acceptors (Lipinski definition) is 5. The van der Waals surface area contributed by atoms with Gasteiger partial charge in [0.1, 0.15) is 6.61 Å². The summed E-state index contributed by atoms with van der Waals surface area (Å²) in [6.45, 7) is 1.58. The summed E-state index contributed by atoms with van der Waals surface area (Å²) in [6.07, 6.45) is 0.761. The van der Waals surface area contributed by atoms with E-state index in [-0.39, 0.29) is 5.91 Å². The van der Waals surface area contributed by atoms with E-state index in [1.807, 2.05) is 47.4 Å². The van der Waals surface area contributed by atoms with Crippen LogP contribution in [0.15, 0.2) is 60.7 Å². The molecule has 1 aliphatic heterocycles. The maximum Gasteiger partial charge on any atom is 0.254 e. The molecule has 0 saturated carbocycles. The summed E-state index contributed by atoms with van der Waals surface area (Å²) in [5, 5.41) is 0. The minimum Gasteiger partial charge on any atom is -0.493 e. The molecular formula is C26H27NO5. The van der Waals surface area contributed by atoms with E-state index < -0.39 is 0 Å². The number of ether oxygens (including phenoxy) is 4. The summed E-state index contributed by atoms with van der Waals surface area (Å²) in [4.78, 5) is 15.1. The van der Waals surface area contributed by atoms with Crippen molar-refractivity contribution in [3.63, 3.8) is 0 Å². The minimum absolute atomic E-state index is 0.0432. The first-order valence-electron chi connectivity index (χ1n) is 10.5. The molecule has 0 fully saturated rings. The summed E-state index contributed by atoms with van der Waals surface area (Å²) in [5.41, 5.74) is 3.87. The Hall–Kier alpha value is -3.67. The second kappa shape index (κ2) is 9.64. The van der Waals surface area contributed by atoms with Crippen LogP contribution in [0.2, 0.25) is 0 Å². The highest BCUT2D eigenvalue weighted by Gasteiger charge is 2.24. The number of rotatable bonds is 7. The van der Waals surface area contributed by atoms with Gasteiger partial charge in [0.05, 0.1) is 21.3 Å². The molecule has 0 spiro atoms. The number of carbonyl (C=O) groups is 1. The fourth-order valence-corrected chi connectivity index (χ4v) is 3.89. The van der Waals surface area contributed by atoms with Gasteiger partial charge < -0.3 is 23.8 Å². The number of methoxy groups -OCH3 is 3. The molecule has 32 heavy (non-hydrogen) atoms. The zero-order valence-corrected chi connectivity index (χ0v) is 18.6. The zero-order valence-electron chi connectivity index (χ0n) is 18.6. The quantitative estimate of drug-likeness (QED) is 0.550. The van der Waals surface area contributed by atoms with Crippen molar-refractivity contribution in [3.05, 3.63) is 82.9 Å². The predicted molar refractivity (Wildman–Crippen MR) is 122 cm³/mol. The van der Waals surface area contributed by atoms with Crippen molar-refractivity contribution >= 4 is 5.91 Å². The molecule has 1 heterocycles. The van der Waals surface area contributed by atoms with Gasteiger partial charge in [0.15, 0.2) is 23.0 Å². The molecule has 0 aromatic heterocycles. The third kappa shape index (κ3) is 4.49. The van der Waals surface area contributed by atoms with Crippen molar-refractivity contribution in [3.8, 4) is 23.0 Å². The van der Waals surface area contributed by atoms with Gasteiger partial charge in [-0.25, -0.2) is 0 Å². The number of benzene rings is 3. The first kappa shape index (κ1) is 21.6. The van der Waals surface area contributed by atoms with Gasteiger partial charge in [-0.1, -0.05) is 30.3 Å². The van der Waals surface area contributed by atoms with E-state index in [4.69, 9.17) is 18.9 Å². The normalized spacial score (nSPS) is 12.7. The van der Waals surface area contributed by atoms with Crippen LogP contribution in [0, 0.1) is 0 Å². The zero-order chi connectivity index (χ0) is 22.5. The van der Waals surface area contributed by atoms with Crippen molar-refractivity contribution in [2.75, 3.05) is 27.9 Å². The molecule has 3 aromatic carbocycles. The topological polar surface area (TPSA) is 57.2 Å². The third-order valence-electron chi connectivity index (χ3n) is 5.65. The van der Waals surface area contributed by atoms with Crippen molar-refractivity contribution in [2.45, 2.75) is 19.6 Å². The Morgan fingerprint density at radius 1 is 0.812 bits per heavy atom. The molecule has 0 saturated heterocycles. The lowest BCUT2D eigenvalue weighted by Gasteiger charge is -2.30. The average molecular weight is 434 g/mol. The van der Waals surface area contributed by atoms with E-state index in [2.05, 4.69) is 0 Å². The molecule has 0 bridgehead atoms. The van der Waals surface area contributed by atoms with Crippen molar-refractivity contribution in [1.29, 1.82) is 0 Å². The molecule has 1 aliphatic rings. The van der Waals surface area contributed by atoms with Crippen LogP contribution in [0.5, 0.6) is 23.0 Å². The maximum atomic E-state index is 13.2. The van der Waals surface area contributed by atoms with Gasteiger partial charge in [-0.2, -0.15) is 0 Å². The maximum absolute atomic E-state index is 13.2. The molecule has 0 aliphatic carbocycles. The Kier molecular flexibility index (Phi) is 6.50. The van der Waals surface area contributed by atoms with Gasteiger partial charge in [-0.3, -0.25) is 4.79 Å². The molecule has 0 unspecified atom stereocenters. The van der Waals surface area contributed by atoms with Crippen LogP contribution < -0.4 is 18.9 Å². The number of carbonyl (C=O) groups excluding carboxylic acids is 1. The van der Waals surface area contributed by atoms with E-state index in [1.54, 1.807) is 39.5 Å². The van der Waals surface area contributed by atoms with E-state index in [0.717, 1.165) is 17.5 Å².